The number of aromatic nitrogens is 5. The highest BCUT2D eigenvalue weighted by atomic mass is 16.6. The summed E-state index contributed by atoms with van der Waals surface area (Å²) in [6, 6.07) is 28.0. The Balaban J connectivity index is 0.922. The number of likely N-dealkylation sites (tertiary alicyclic amines) is 2. The van der Waals surface area contributed by atoms with E-state index in [0.29, 0.717) is 35.9 Å². The van der Waals surface area contributed by atoms with Crippen LogP contribution in [0.25, 0.3) is 33.8 Å². The molecule has 2 saturated heterocycles. The fourth-order valence-corrected chi connectivity index (χ4v) is 8.53. The van der Waals surface area contributed by atoms with Gasteiger partial charge in [-0.25, -0.2) is 19.6 Å². The van der Waals surface area contributed by atoms with E-state index in [1.54, 1.807) is 69.9 Å². The largest absolute Gasteiger partial charge is 0.444 e. The Kier molecular flexibility index (Phi) is 13.1. The monoisotopic (exact) mass is 891 g/mol. The third-order valence-corrected chi connectivity index (χ3v) is 11.5. The summed E-state index contributed by atoms with van der Waals surface area (Å²) in [4.78, 5) is 78.8. The van der Waals surface area contributed by atoms with Gasteiger partial charge in [-0.2, -0.15) is 0 Å². The molecule has 2 aliphatic rings. The van der Waals surface area contributed by atoms with Gasteiger partial charge in [0, 0.05) is 30.4 Å². The number of hydrogen-bond acceptors (Lipinski definition) is 9. The lowest BCUT2D eigenvalue weighted by Gasteiger charge is -2.29. The molecule has 0 unspecified atom stereocenters. The number of hydrogen-bond donors (Lipinski definition) is 4. The second-order valence-electron chi connectivity index (χ2n) is 18.7. The highest BCUT2D eigenvalue weighted by molar-refractivity contribution is 5.88. The van der Waals surface area contributed by atoms with E-state index in [1.165, 1.54) is 0 Å². The van der Waals surface area contributed by atoms with Crippen LogP contribution in [-0.2, 0) is 19.1 Å². The second-order valence-corrected chi connectivity index (χ2v) is 18.7. The van der Waals surface area contributed by atoms with Gasteiger partial charge in [-0.3, -0.25) is 14.6 Å². The first-order chi connectivity index (χ1) is 31.6. The summed E-state index contributed by atoms with van der Waals surface area (Å²) in [6.07, 6.45) is 7.08. The zero-order valence-corrected chi connectivity index (χ0v) is 38.2. The number of rotatable bonds is 11. The standard InChI is InChI=1S/C51H57N9O6/c1-50(2,3)65-48(63)57-42(34-15-9-7-10-16-34)46(61)59-27-13-19-40(59)44-53-30-38(55-44)33-23-21-32(22-24-33)37-26-25-36(29-52-37)39-31-54-45(56-39)41-20-14-28-60(41)47(62)43(35-17-11-8-12-18-35)58-49(64)66-51(4,5)6/h7-12,15-18,21-26,29-31,40-43H,13-14,19-20,27-28H2,1-6H3,(H,53,55)(H,54,56)(H,57,63)(H,58,64)/t40-,41-,42+,43-/m0/s1. The zero-order chi connectivity index (χ0) is 46.6. The van der Waals surface area contributed by atoms with E-state index in [1.807, 2.05) is 97.1 Å². The molecule has 8 rings (SSSR count). The fourth-order valence-electron chi connectivity index (χ4n) is 8.53. The molecule has 2 aliphatic heterocycles. The number of H-pyrrole nitrogens is 2. The molecule has 4 atom stereocenters. The number of pyridine rings is 1. The number of amides is 4. The highest BCUT2D eigenvalue weighted by Crippen LogP contribution is 2.36. The Morgan fingerprint density at radius 3 is 1.41 bits per heavy atom. The average Bonchev–Trinajstić information content (AvgIpc) is 4.14. The predicted octanol–water partition coefficient (Wildman–Crippen LogP) is 9.39. The number of aromatic amines is 2. The van der Waals surface area contributed by atoms with Crippen molar-refractivity contribution in [2.24, 2.45) is 0 Å². The molecule has 0 spiro atoms. The van der Waals surface area contributed by atoms with E-state index in [2.05, 4.69) is 20.6 Å². The summed E-state index contributed by atoms with van der Waals surface area (Å²) < 4.78 is 11.0. The molecule has 5 heterocycles. The summed E-state index contributed by atoms with van der Waals surface area (Å²) in [5.41, 5.74) is 5.00. The number of benzene rings is 3. The Morgan fingerprint density at radius 1 is 0.561 bits per heavy atom. The van der Waals surface area contributed by atoms with Gasteiger partial charge in [0.05, 0.1) is 41.6 Å². The summed E-state index contributed by atoms with van der Waals surface area (Å²) in [6.45, 7) is 11.8. The molecular weight excluding hydrogens is 835 g/mol. The second kappa shape index (κ2) is 19.0. The van der Waals surface area contributed by atoms with Crippen molar-refractivity contribution < 1.29 is 28.7 Å². The molecule has 3 aromatic heterocycles. The van der Waals surface area contributed by atoms with Gasteiger partial charge >= 0.3 is 12.2 Å². The van der Waals surface area contributed by atoms with Gasteiger partial charge in [0.25, 0.3) is 11.8 Å². The van der Waals surface area contributed by atoms with E-state index < -0.39 is 35.5 Å². The molecular formula is C51H57N9O6. The molecule has 4 amide bonds. The van der Waals surface area contributed by atoms with E-state index in [9.17, 15) is 19.2 Å². The van der Waals surface area contributed by atoms with Crippen molar-refractivity contribution >= 4 is 24.0 Å². The Labute approximate surface area is 384 Å². The average molecular weight is 892 g/mol. The molecule has 0 bridgehead atoms. The van der Waals surface area contributed by atoms with Gasteiger partial charge in [-0.1, -0.05) is 84.9 Å². The van der Waals surface area contributed by atoms with Gasteiger partial charge in [0.1, 0.15) is 34.9 Å². The van der Waals surface area contributed by atoms with Crippen molar-refractivity contribution in [1.29, 1.82) is 0 Å². The Bertz CT molecular complexity index is 2450. The van der Waals surface area contributed by atoms with Crippen molar-refractivity contribution in [1.82, 2.24) is 45.4 Å². The van der Waals surface area contributed by atoms with Crippen LogP contribution in [0, 0.1) is 0 Å². The van der Waals surface area contributed by atoms with E-state index in [4.69, 9.17) is 24.4 Å². The van der Waals surface area contributed by atoms with Crippen LogP contribution in [0.5, 0.6) is 0 Å². The Morgan fingerprint density at radius 2 is 0.985 bits per heavy atom. The van der Waals surface area contributed by atoms with Crippen LogP contribution in [-0.4, -0.2) is 83.0 Å². The lowest BCUT2D eigenvalue weighted by molar-refractivity contribution is -0.135. The number of alkyl carbamates (subject to hydrolysis) is 2. The third kappa shape index (κ3) is 10.6. The van der Waals surface area contributed by atoms with Crippen LogP contribution in [0.1, 0.15) is 114 Å². The number of carbonyl (C=O) groups excluding carboxylic acids is 4. The summed E-state index contributed by atoms with van der Waals surface area (Å²) in [5, 5.41) is 5.63. The van der Waals surface area contributed by atoms with Crippen LogP contribution >= 0.6 is 0 Å². The molecule has 6 aromatic rings. The normalized spacial score (nSPS) is 17.2. The van der Waals surface area contributed by atoms with Gasteiger partial charge in [0.2, 0.25) is 0 Å². The molecule has 4 N–H and O–H groups in total. The molecule has 15 heteroatoms. The third-order valence-electron chi connectivity index (χ3n) is 11.5. The summed E-state index contributed by atoms with van der Waals surface area (Å²) in [5.74, 6) is 0.898. The highest BCUT2D eigenvalue weighted by Gasteiger charge is 2.39. The van der Waals surface area contributed by atoms with Crippen molar-refractivity contribution in [3.63, 3.8) is 0 Å². The van der Waals surface area contributed by atoms with Crippen molar-refractivity contribution in [3.05, 3.63) is 138 Å². The maximum absolute atomic E-state index is 14.2. The van der Waals surface area contributed by atoms with Crippen LogP contribution in [0.15, 0.2) is 116 Å². The van der Waals surface area contributed by atoms with Gasteiger partial charge in [-0.05, 0) is 96.0 Å². The first kappa shape index (κ1) is 45.3. The van der Waals surface area contributed by atoms with E-state index >= 15 is 0 Å². The lowest BCUT2D eigenvalue weighted by Crippen LogP contribution is -2.44. The van der Waals surface area contributed by atoms with Crippen LogP contribution in [0.2, 0.25) is 0 Å². The smallest absolute Gasteiger partial charge is 0.408 e. The van der Waals surface area contributed by atoms with Crippen LogP contribution in [0.3, 0.4) is 0 Å². The van der Waals surface area contributed by atoms with E-state index in [-0.39, 0.29) is 23.9 Å². The first-order valence-electron chi connectivity index (χ1n) is 22.5. The molecule has 3 aromatic carbocycles. The number of imidazole rings is 2. The molecule has 0 radical (unpaired) electrons. The van der Waals surface area contributed by atoms with Crippen molar-refractivity contribution in [2.45, 2.75) is 103 Å². The SMILES string of the molecule is CC(C)(C)OC(=O)N[C@H](C(=O)N1CCC[C@H]1c1ncc(-c2ccc(-c3ccc(-c4cnc([C@@H]5CCCN5C(=O)[C@H](NC(=O)OC(C)(C)C)c5ccccc5)[nH]4)cc3)nc2)[nH]1)c1ccccc1. The van der Waals surface area contributed by atoms with Crippen molar-refractivity contribution in [3.8, 4) is 33.8 Å². The van der Waals surface area contributed by atoms with Crippen LogP contribution < -0.4 is 10.6 Å². The van der Waals surface area contributed by atoms with Gasteiger partial charge < -0.3 is 39.9 Å². The molecule has 15 nitrogen and oxygen atoms in total. The van der Waals surface area contributed by atoms with Crippen LogP contribution in [0.4, 0.5) is 9.59 Å². The maximum atomic E-state index is 14.2. The van der Waals surface area contributed by atoms with E-state index in [0.717, 1.165) is 59.5 Å². The molecule has 342 valence electrons. The summed E-state index contributed by atoms with van der Waals surface area (Å²) in [7, 11) is 0. The van der Waals surface area contributed by atoms with Gasteiger partial charge in [0.15, 0.2) is 0 Å². The number of nitrogens with zero attached hydrogens (tertiary/aromatic N) is 5. The maximum Gasteiger partial charge on any atom is 0.408 e. The minimum atomic E-state index is -0.921. The topological polar surface area (TPSA) is 188 Å². The van der Waals surface area contributed by atoms with Gasteiger partial charge in [-0.15, -0.1) is 0 Å². The molecule has 0 saturated carbocycles. The zero-order valence-electron chi connectivity index (χ0n) is 38.2. The predicted molar refractivity (Wildman–Crippen MR) is 249 cm³/mol. The number of nitrogens with one attached hydrogen (secondary N) is 4. The number of ether oxygens (including phenoxy) is 2. The minimum absolute atomic E-state index is 0.223. The molecule has 66 heavy (non-hydrogen) atoms. The fraction of sp³-hybridized carbons (Fsp3) is 0.353. The quantitative estimate of drug-likeness (QED) is 0.0983. The Hall–Kier alpha value is -7.29. The van der Waals surface area contributed by atoms with Crippen molar-refractivity contribution in [2.75, 3.05) is 13.1 Å². The molecule has 0 aliphatic carbocycles. The summed E-state index contributed by atoms with van der Waals surface area (Å²) >= 11 is 0. The molecule has 2 fully saturated rings. The lowest BCUT2D eigenvalue weighted by atomic mass is 10.0. The first-order valence-corrected chi connectivity index (χ1v) is 22.5. The number of carbonyl (C=O) groups is 4. The minimum Gasteiger partial charge on any atom is -0.444 e.